The molecule has 1 amide bonds. The van der Waals surface area contributed by atoms with Crippen molar-refractivity contribution in [1.82, 2.24) is 10.6 Å². The van der Waals surface area contributed by atoms with Gasteiger partial charge < -0.3 is 15.4 Å². The van der Waals surface area contributed by atoms with E-state index in [4.69, 9.17) is 4.74 Å². The van der Waals surface area contributed by atoms with Gasteiger partial charge in [-0.15, -0.1) is 11.3 Å². The summed E-state index contributed by atoms with van der Waals surface area (Å²) in [4.78, 5) is 13.7. The minimum Gasteiger partial charge on any atom is -0.381 e. The molecule has 0 aromatic carbocycles. The largest absolute Gasteiger partial charge is 0.381 e. The Morgan fingerprint density at radius 1 is 1.18 bits per heavy atom. The van der Waals surface area contributed by atoms with E-state index >= 15 is 0 Å². The average molecular weight is 320 g/mol. The van der Waals surface area contributed by atoms with Gasteiger partial charge in [0.05, 0.1) is 5.56 Å². The van der Waals surface area contributed by atoms with Crippen molar-refractivity contribution in [2.45, 2.75) is 62.6 Å². The smallest absolute Gasteiger partial charge is 0.252 e. The topological polar surface area (TPSA) is 50.4 Å². The van der Waals surface area contributed by atoms with Crippen LogP contribution in [-0.2, 0) is 4.74 Å². The minimum atomic E-state index is 0.0820. The highest BCUT2D eigenvalue weighted by Crippen LogP contribution is 2.44. The van der Waals surface area contributed by atoms with E-state index in [9.17, 15) is 4.79 Å². The number of hydrogen-bond acceptors (Lipinski definition) is 4. The highest BCUT2D eigenvalue weighted by atomic mass is 32.1. The molecule has 2 heterocycles. The van der Waals surface area contributed by atoms with E-state index in [1.54, 1.807) is 11.3 Å². The molecule has 2 N–H and O–H groups in total. The van der Waals surface area contributed by atoms with Gasteiger partial charge in [0.25, 0.3) is 5.91 Å². The molecule has 120 valence electrons. The van der Waals surface area contributed by atoms with Gasteiger partial charge in [0.2, 0.25) is 0 Å². The molecule has 0 bridgehead atoms. The minimum absolute atomic E-state index is 0.0820. The zero-order chi connectivity index (χ0) is 14.9. The van der Waals surface area contributed by atoms with Crippen LogP contribution in [0.2, 0.25) is 0 Å². The van der Waals surface area contributed by atoms with Crippen LogP contribution >= 0.6 is 11.3 Å². The molecule has 1 aromatic heterocycles. The fourth-order valence-electron chi connectivity index (χ4n) is 3.35. The van der Waals surface area contributed by atoms with Crippen molar-refractivity contribution in [2.24, 2.45) is 0 Å². The van der Waals surface area contributed by atoms with Gasteiger partial charge >= 0.3 is 0 Å². The third kappa shape index (κ3) is 3.21. The van der Waals surface area contributed by atoms with Gasteiger partial charge in [-0.25, -0.2) is 0 Å². The van der Waals surface area contributed by atoms with Crippen LogP contribution in [0.4, 0.5) is 0 Å². The Labute approximate surface area is 135 Å². The molecule has 1 saturated heterocycles. The number of ether oxygens (including phenoxy) is 1. The maximum absolute atomic E-state index is 12.3. The summed E-state index contributed by atoms with van der Waals surface area (Å²) in [6.45, 7) is 1.52. The van der Waals surface area contributed by atoms with E-state index in [1.165, 1.54) is 30.6 Å². The van der Waals surface area contributed by atoms with Crippen molar-refractivity contribution in [2.75, 3.05) is 13.2 Å². The van der Waals surface area contributed by atoms with Gasteiger partial charge in [0.15, 0.2) is 0 Å². The third-order valence-electron chi connectivity index (χ3n) is 5.15. The number of rotatable bonds is 5. The lowest BCUT2D eigenvalue weighted by Crippen LogP contribution is -2.38. The molecule has 1 aliphatic heterocycles. The second kappa shape index (κ2) is 6.30. The Balaban J connectivity index is 1.30. The number of hydrogen-bond donors (Lipinski definition) is 2. The third-order valence-corrected chi connectivity index (χ3v) is 6.21. The van der Waals surface area contributed by atoms with Crippen LogP contribution in [0.5, 0.6) is 0 Å². The molecule has 0 unspecified atom stereocenters. The molecule has 22 heavy (non-hydrogen) atoms. The lowest BCUT2D eigenvalue weighted by molar-refractivity contribution is 0.0696. The Hall–Kier alpha value is -0.910. The highest BCUT2D eigenvalue weighted by Gasteiger charge is 2.41. The first-order valence-corrected chi connectivity index (χ1v) is 9.40. The predicted octanol–water partition coefficient (Wildman–Crippen LogP) is 2.65. The van der Waals surface area contributed by atoms with Crippen molar-refractivity contribution >= 4 is 17.2 Å². The molecule has 3 fully saturated rings. The SMILES string of the molecule is O=C(NC1CCOCC1)c1csc([C@@H]2C[C@H]2NC2CCC2)c1. The fourth-order valence-corrected chi connectivity index (χ4v) is 4.42. The second-order valence-electron chi connectivity index (χ2n) is 6.84. The molecule has 0 radical (unpaired) electrons. The van der Waals surface area contributed by atoms with Crippen LogP contribution in [0.1, 0.15) is 59.7 Å². The molecular weight excluding hydrogens is 296 g/mol. The van der Waals surface area contributed by atoms with Crippen molar-refractivity contribution in [3.8, 4) is 0 Å². The first-order chi connectivity index (χ1) is 10.8. The molecule has 2 atom stereocenters. The Kier molecular flexibility index (Phi) is 4.20. The molecular formula is C17H24N2O2S. The summed E-state index contributed by atoms with van der Waals surface area (Å²) >= 11 is 1.74. The second-order valence-corrected chi connectivity index (χ2v) is 7.78. The van der Waals surface area contributed by atoms with Crippen molar-refractivity contribution in [3.63, 3.8) is 0 Å². The van der Waals surface area contributed by atoms with Crippen LogP contribution in [0, 0.1) is 0 Å². The quantitative estimate of drug-likeness (QED) is 0.877. The summed E-state index contributed by atoms with van der Waals surface area (Å²) in [5.41, 5.74) is 0.834. The zero-order valence-electron chi connectivity index (χ0n) is 12.8. The van der Waals surface area contributed by atoms with E-state index in [2.05, 4.69) is 16.7 Å². The number of amides is 1. The average Bonchev–Trinajstić information content (AvgIpc) is 3.08. The summed E-state index contributed by atoms with van der Waals surface area (Å²) in [6, 6.07) is 3.78. The molecule has 1 aromatic rings. The Morgan fingerprint density at radius 3 is 2.73 bits per heavy atom. The van der Waals surface area contributed by atoms with Gasteiger partial charge in [-0.3, -0.25) is 4.79 Å². The summed E-state index contributed by atoms with van der Waals surface area (Å²) in [7, 11) is 0. The van der Waals surface area contributed by atoms with E-state index in [-0.39, 0.29) is 11.9 Å². The molecule has 4 rings (SSSR count). The first-order valence-electron chi connectivity index (χ1n) is 8.52. The highest BCUT2D eigenvalue weighted by molar-refractivity contribution is 7.10. The van der Waals surface area contributed by atoms with E-state index in [1.807, 2.05) is 5.38 Å². The molecule has 5 heteroatoms. The first kappa shape index (κ1) is 14.7. The lowest BCUT2D eigenvalue weighted by atomic mass is 9.93. The summed E-state index contributed by atoms with van der Waals surface area (Å²) in [6.07, 6.45) is 7.15. The van der Waals surface area contributed by atoms with Gasteiger partial charge in [-0.2, -0.15) is 0 Å². The molecule has 0 spiro atoms. The Morgan fingerprint density at radius 2 is 2.00 bits per heavy atom. The summed E-state index contributed by atoms with van der Waals surface area (Å²) in [5, 5.41) is 8.89. The van der Waals surface area contributed by atoms with Crippen molar-refractivity contribution < 1.29 is 9.53 Å². The maximum atomic E-state index is 12.3. The van der Waals surface area contributed by atoms with Crippen LogP contribution in [-0.4, -0.2) is 37.2 Å². The van der Waals surface area contributed by atoms with Crippen LogP contribution in [0.3, 0.4) is 0 Å². The summed E-state index contributed by atoms with van der Waals surface area (Å²) < 4.78 is 5.33. The van der Waals surface area contributed by atoms with Crippen molar-refractivity contribution in [3.05, 3.63) is 21.9 Å². The number of carbonyl (C=O) groups excluding carboxylic acids is 1. The van der Waals surface area contributed by atoms with Crippen molar-refractivity contribution in [1.29, 1.82) is 0 Å². The maximum Gasteiger partial charge on any atom is 0.252 e. The van der Waals surface area contributed by atoms with E-state index < -0.39 is 0 Å². The molecule has 4 nitrogen and oxygen atoms in total. The van der Waals surface area contributed by atoms with Gasteiger partial charge in [-0.1, -0.05) is 6.42 Å². The van der Waals surface area contributed by atoms with Crippen LogP contribution in [0.25, 0.3) is 0 Å². The van der Waals surface area contributed by atoms with Gasteiger partial charge in [0.1, 0.15) is 0 Å². The number of carbonyl (C=O) groups is 1. The normalized spacial score (nSPS) is 29.1. The number of nitrogens with one attached hydrogen (secondary N) is 2. The van der Waals surface area contributed by atoms with Gasteiger partial charge in [0, 0.05) is 47.5 Å². The number of thiophene rings is 1. The lowest BCUT2D eigenvalue weighted by Gasteiger charge is -2.26. The monoisotopic (exact) mass is 320 g/mol. The fraction of sp³-hybridized carbons (Fsp3) is 0.706. The van der Waals surface area contributed by atoms with Gasteiger partial charge in [-0.05, 0) is 38.2 Å². The predicted molar refractivity (Wildman–Crippen MR) is 87.5 cm³/mol. The zero-order valence-corrected chi connectivity index (χ0v) is 13.7. The standard InChI is InChI=1S/C17H24N2O2S/c20-17(19-13-4-6-21-7-5-13)11-8-16(22-10-11)14-9-15(14)18-12-2-1-3-12/h8,10,12-15,18H,1-7,9H2,(H,19,20)/t14-,15-/m1/s1. The van der Waals surface area contributed by atoms with E-state index in [0.29, 0.717) is 12.0 Å². The van der Waals surface area contributed by atoms with E-state index in [0.717, 1.165) is 37.7 Å². The Bertz CT molecular complexity index is 535. The van der Waals surface area contributed by atoms with Crippen LogP contribution in [0.15, 0.2) is 11.4 Å². The molecule has 3 aliphatic rings. The van der Waals surface area contributed by atoms with Crippen LogP contribution < -0.4 is 10.6 Å². The summed E-state index contributed by atoms with van der Waals surface area (Å²) in [5.74, 6) is 0.716. The molecule has 2 aliphatic carbocycles. The molecule has 2 saturated carbocycles.